The zero-order chi connectivity index (χ0) is 35.7. The van der Waals surface area contributed by atoms with E-state index >= 15 is 0 Å². The number of benzene rings is 3. The monoisotopic (exact) mass is 679 g/mol. The average molecular weight is 680 g/mol. The molecule has 3 aromatic rings. The molecule has 1 aliphatic rings. The lowest BCUT2D eigenvalue weighted by Gasteiger charge is -2.48. The predicted molar refractivity (Wildman–Crippen MR) is 175 cm³/mol. The number of rotatable bonds is 16. The van der Waals surface area contributed by atoms with Gasteiger partial charge in [-0.3, -0.25) is 19.2 Å². The van der Waals surface area contributed by atoms with Crippen LogP contribution in [0.1, 0.15) is 80.5 Å². The zero-order valence-corrected chi connectivity index (χ0v) is 27.7. The molecule has 11 nitrogen and oxygen atoms in total. The highest BCUT2D eigenvalue weighted by atomic mass is 19.1. The van der Waals surface area contributed by atoms with Gasteiger partial charge in [0.25, 0.3) is 0 Å². The van der Waals surface area contributed by atoms with Gasteiger partial charge in [-0.25, -0.2) is 4.39 Å². The van der Waals surface area contributed by atoms with Crippen LogP contribution in [0.15, 0.2) is 72.8 Å². The van der Waals surface area contributed by atoms with Crippen molar-refractivity contribution in [2.75, 3.05) is 24.7 Å². The third kappa shape index (κ3) is 9.94. The number of amides is 1. The van der Waals surface area contributed by atoms with Crippen LogP contribution in [-0.4, -0.2) is 64.6 Å². The molecule has 1 unspecified atom stereocenters. The highest BCUT2D eigenvalue weighted by Crippen LogP contribution is 2.47. The van der Waals surface area contributed by atoms with E-state index in [2.05, 4.69) is 0 Å². The Labute approximate surface area is 284 Å². The minimum absolute atomic E-state index is 0.135. The lowest BCUT2D eigenvalue weighted by molar-refractivity contribution is -0.161. The van der Waals surface area contributed by atoms with Gasteiger partial charge in [-0.05, 0) is 72.2 Å². The molecule has 0 aromatic heterocycles. The summed E-state index contributed by atoms with van der Waals surface area (Å²) in [5.74, 6) is -2.70. The van der Waals surface area contributed by atoms with Crippen molar-refractivity contribution >= 4 is 29.5 Å². The molecule has 1 aliphatic heterocycles. The third-order valence-electron chi connectivity index (χ3n) is 8.52. The van der Waals surface area contributed by atoms with Gasteiger partial charge in [0.15, 0.2) is 0 Å². The summed E-state index contributed by atoms with van der Waals surface area (Å²) in [7, 11) is 0. The van der Waals surface area contributed by atoms with Gasteiger partial charge in [0, 0.05) is 26.5 Å². The summed E-state index contributed by atoms with van der Waals surface area (Å²) in [6.07, 6.45) is -0.558. The normalized spacial score (nSPS) is 17.1. The number of hydrogen-bond donors (Lipinski definition) is 3. The Kier molecular flexibility index (Phi) is 12.6. The van der Waals surface area contributed by atoms with Crippen LogP contribution in [0.4, 0.5) is 10.1 Å². The molecule has 4 rings (SSSR count). The van der Waals surface area contributed by atoms with Gasteiger partial charge in [-0.1, -0.05) is 48.5 Å². The maximum atomic E-state index is 13.7. The fraction of sp³-hybridized carbons (Fsp3) is 0.405. The number of aliphatic hydroxyl groups is 3. The zero-order valence-electron chi connectivity index (χ0n) is 27.7. The molecule has 0 spiro atoms. The molecule has 1 fully saturated rings. The lowest BCUT2D eigenvalue weighted by Crippen LogP contribution is -2.55. The van der Waals surface area contributed by atoms with E-state index in [4.69, 9.17) is 14.2 Å². The first-order valence-electron chi connectivity index (χ1n) is 16.0. The highest BCUT2D eigenvalue weighted by molar-refractivity contribution is 6.03. The van der Waals surface area contributed by atoms with Gasteiger partial charge in [0.1, 0.15) is 36.8 Å². The first-order chi connectivity index (χ1) is 23.3. The molecular formula is C37H42FNO10. The maximum absolute atomic E-state index is 13.7. The van der Waals surface area contributed by atoms with Crippen LogP contribution in [-0.2, 0) is 39.8 Å². The molecule has 0 aliphatic carbocycles. The summed E-state index contributed by atoms with van der Waals surface area (Å²) in [5, 5.41) is 30.4. The smallest absolute Gasteiger partial charge is 0.303 e. The molecule has 0 bridgehead atoms. The van der Waals surface area contributed by atoms with Gasteiger partial charge in [0.2, 0.25) is 5.91 Å². The number of halogens is 1. The summed E-state index contributed by atoms with van der Waals surface area (Å²) >= 11 is 0. The number of aliphatic hydroxyl groups excluding tert-OH is 2. The Hall–Kier alpha value is -4.65. The van der Waals surface area contributed by atoms with Crippen molar-refractivity contribution in [2.24, 2.45) is 5.92 Å². The lowest BCUT2D eigenvalue weighted by atomic mass is 9.78. The second kappa shape index (κ2) is 16.6. The largest absolute Gasteiger partial charge is 0.463 e. The number of carbonyl (C=O) groups excluding carboxylic acids is 4. The average Bonchev–Trinajstić information content (AvgIpc) is 3.08. The van der Waals surface area contributed by atoms with E-state index < -0.39 is 60.1 Å². The van der Waals surface area contributed by atoms with Crippen molar-refractivity contribution in [3.05, 3.63) is 101 Å². The van der Waals surface area contributed by atoms with Crippen molar-refractivity contribution in [3.8, 4) is 0 Å². The Morgan fingerprint density at radius 3 is 1.96 bits per heavy atom. The SMILES string of the molecule is CC(=O)OCC(O)(CCc1ccc([C@@H]2[C@@H](CC[C@H](OC(C)=O)c3ccc(F)cc3)C(=O)N2c2ccc(C(O)CO)cc2)cc1)COC(C)=O. The number of hydrogen-bond acceptors (Lipinski definition) is 10. The van der Waals surface area contributed by atoms with Gasteiger partial charge >= 0.3 is 17.9 Å². The number of β-lactam (4-membered cyclic amide) rings is 1. The fourth-order valence-corrected chi connectivity index (χ4v) is 5.88. The second-order valence-corrected chi connectivity index (χ2v) is 12.3. The van der Waals surface area contributed by atoms with Gasteiger partial charge in [-0.2, -0.15) is 0 Å². The molecule has 1 amide bonds. The fourth-order valence-electron chi connectivity index (χ4n) is 5.88. The minimum atomic E-state index is -1.59. The predicted octanol–water partition coefficient (Wildman–Crippen LogP) is 4.43. The molecule has 3 aromatic carbocycles. The Morgan fingerprint density at radius 2 is 1.43 bits per heavy atom. The second-order valence-electron chi connectivity index (χ2n) is 12.3. The molecule has 0 radical (unpaired) electrons. The van der Waals surface area contributed by atoms with Crippen LogP contribution in [0, 0.1) is 11.7 Å². The van der Waals surface area contributed by atoms with Crippen LogP contribution in [0.2, 0.25) is 0 Å². The molecule has 12 heteroatoms. The Morgan fingerprint density at radius 1 is 0.857 bits per heavy atom. The number of esters is 3. The number of nitrogens with zero attached hydrogens (tertiary/aromatic N) is 1. The van der Waals surface area contributed by atoms with Crippen molar-refractivity contribution in [1.82, 2.24) is 0 Å². The van der Waals surface area contributed by atoms with E-state index in [0.29, 0.717) is 36.1 Å². The quantitative estimate of drug-likeness (QED) is 0.112. The van der Waals surface area contributed by atoms with Crippen molar-refractivity contribution in [1.29, 1.82) is 0 Å². The number of aryl methyl sites for hydroxylation is 1. The molecule has 262 valence electrons. The van der Waals surface area contributed by atoms with Crippen molar-refractivity contribution in [2.45, 2.75) is 70.3 Å². The molecule has 1 saturated heterocycles. The Bertz CT molecular complexity index is 1570. The van der Waals surface area contributed by atoms with Gasteiger partial charge in [0.05, 0.1) is 18.6 Å². The topological polar surface area (TPSA) is 160 Å². The summed E-state index contributed by atoms with van der Waals surface area (Å²) in [5.41, 5.74) is 1.80. The molecule has 1 heterocycles. The molecule has 4 atom stereocenters. The van der Waals surface area contributed by atoms with Gasteiger partial charge < -0.3 is 34.4 Å². The number of ether oxygens (including phenoxy) is 3. The minimum Gasteiger partial charge on any atom is -0.463 e. The van der Waals surface area contributed by atoms with E-state index in [1.165, 1.54) is 32.9 Å². The summed E-state index contributed by atoms with van der Waals surface area (Å²) in [6.45, 7) is 2.62. The van der Waals surface area contributed by atoms with E-state index in [9.17, 15) is 38.9 Å². The maximum Gasteiger partial charge on any atom is 0.303 e. The van der Waals surface area contributed by atoms with E-state index in [1.54, 1.807) is 41.3 Å². The first-order valence-corrected chi connectivity index (χ1v) is 16.0. The van der Waals surface area contributed by atoms with E-state index in [0.717, 1.165) is 11.1 Å². The summed E-state index contributed by atoms with van der Waals surface area (Å²) in [6, 6.07) is 19.5. The van der Waals surface area contributed by atoms with Crippen molar-refractivity contribution < 1.29 is 53.1 Å². The first kappa shape index (κ1) is 37.2. The van der Waals surface area contributed by atoms with Gasteiger partial charge in [-0.15, -0.1) is 0 Å². The van der Waals surface area contributed by atoms with Crippen LogP contribution < -0.4 is 4.90 Å². The molecule has 3 N–H and O–H groups in total. The molecular weight excluding hydrogens is 637 g/mol. The standard InChI is InChI=1S/C37H42FNO10/c1-23(41)47-21-37(46,22-48-24(2)42)19-18-26-4-6-29(7-5-26)35-32(16-17-34(49-25(3)43)28-8-12-30(38)13-9-28)36(45)39(35)31-14-10-27(11-15-31)33(44)20-40/h4-15,32-35,40,44,46H,16-22H2,1-3H3/t32-,33?,34+,35-/m1/s1. The van der Waals surface area contributed by atoms with E-state index in [1.807, 2.05) is 24.3 Å². The number of anilines is 1. The number of carbonyl (C=O) groups is 4. The highest BCUT2D eigenvalue weighted by Gasteiger charge is 2.48. The van der Waals surface area contributed by atoms with Crippen LogP contribution >= 0.6 is 0 Å². The van der Waals surface area contributed by atoms with Crippen LogP contribution in [0.3, 0.4) is 0 Å². The Balaban J connectivity index is 1.56. The van der Waals surface area contributed by atoms with Crippen LogP contribution in [0.25, 0.3) is 0 Å². The third-order valence-corrected chi connectivity index (χ3v) is 8.52. The molecule has 49 heavy (non-hydrogen) atoms. The summed E-state index contributed by atoms with van der Waals surface area (Å²) in [4.78, 5) is 50.0. The summed E-state index contributed by atoms with van der Waals surface area (Å²) < 4.78 is 29.2. The molecule has 0 saturated carbocycles. The van der Waals surface area contributed by atoms with Crippen molar-refractivity contribution in [3.63, 3.8) is 0 Å². The van der Waals surface area contributed by atoms with Crippen LogP contribution in [0.5, 0.6) is 0 Å². The van der Waals surface area contributed by atoms with E-state index in [-0.39, 0.29) is 25.5 Å².